The van der Waals surface area contributed by atoms with Crippen LogP contribution in [0.5, 0.6) is 5.75 Å². The summed E-state index contributed by atoms with van der Waals surface area (Å²) < 4.78 is 11.9. The molecule has 0 aliphatic carbocycles. The first-order chi connectivity index (χ1) is 10.1. The van der Waals surface area contributed by atoms with E-state index in [0.717, 1.165) is 10.0 Å². The summed E-state index contributed by atoms with van der Waals surface area (Å²) in [6.07, 6.45) is 0. The second-order valence-corrected chi connectivity index (χ2v) is 5.65. The van der Waals surface area contributed by atoms with E-state index in [1.165, 1.54) is 0 Å². The predicted molar refractivity (Wildman–Crippen MR) is 86.9 cm³/mol. The first-order valence-corrected chi connectivity index (χ1v) is 7.27. The number of fused-ring (bicyclic) bond motifs is 1. The molecule has 4 heteroatoms. The van der Waals surface area contributed by atoms with Crippen molar-refractivity contribution in [3.8, 4) is 16.9 Å². The van der Waals surface area contributed by atoms with Gasteiger partial charge in [-0.1, -0.05) is 28.1 Å². The molecular weight excluding hydrogens is 332 g/mol. The number of benzene rings is 2. The van der Waals surface area contributed by atoms with Gasteiger partial charge in [0.2, 0.25) is 5.43 Å². The van der Waals surface area contributed by atoms with Gasteiger partial charge in [-0.05, 0) is 36.8 Å². The van der Waals surface area contributed by atoms with Gasteiger partial charge in [-0.15, -0.1) is 0 Å². The molecule has 2 aromatic carbocycles. The van der Waals surface area contributed by atoms with Gasteiger partial charge in [0.15, 0.2) is 0 Å². The number of halogens is 1. The van der Waals surface area contributed by atoms with Gasteiger partial charge in [0, 0.05) is 10.5 Å². The SMILES string of the molecule is COc1ccc2c(=O)c(-c3ccc(Br)cc3)c(C)oc2c1. The van der Waals surface area contributed by atoms with Crippen molar-refractivity contribution in [3.05, 3.63) is 62.9 Å². The zero-order chi connectivity index (χ0) is 15.0. The van der Waals surface area contributed by atoms with Gasteiger partial charge < -0.3 is 9.15 Å². The highest BCUT2D eigenvalue weighted by Gasteiger charge is 2.13. The van der Waals surface area contributed by atoms with Crippen LogP contribution < -0.4 is 10.2 Å². The highest BCUT2D eigenvalue weighted by Crippen LogP contribution is 2.27. The maximum Gasteiger partial charge on any atom is 0.200 e. The molecule has 0 bridgehead atoms. The van der Waals surface area contributed by atoms with E-state index in [1.54, 1.807) is 32.2 Å². The largest absolute Gasteiger partial charge is 0.497 e. The lowest BCUT2D eigenvalue weighted by atomic mass is 10.0. The fraction of sp³-hybridized carbons (Fsp3) is 0.118. The van der Waals surface area contributed by atoms with Crippen molar-refractivity contribution in [2.75, 3.05) is 7.11 Å². The minimum atomic E-state index is -0.0290. The summed E-state index contributed by atoms with van der Waals surface area (Å²) >= 11 is 3.40. The van der Waals surface area contributed by atoms with Crippen molar-refractivity contribution in [1.82, 2.24) is 0 Å². The number of hydrogen-bond acceptors (Lipinski definition) is 3. The van der Waals surface area contributed by atoms with Crippen molar-refractivity contribution in [1.29, 1.82) is 0 Å². The molecular formula is C17H13BrO3. The molecule has 106 valence electrons. The number of hydrogen-bond donors (Lipinski definition) is 0. The number of rotatable bonds is 2. The Bertz CT molecular complexity index is 864. The molecule has 0 radical (unpaired) electrons. The van der Waals surface area contributed by atoms with Gasteiger partial charge in [-0.3, -0.25) is 4.79 Å². The molecule has 3 aromatic rings. The average Bonchev–Trinajstić information content (AvgIpc) is 2.48. The van der Waals surface area contributed by atoms with Crippen LogP contribution >= 0.6 is 15.9 Å². The van der Waals surface area contributed by atoms with E-state index < -0.39 is 0 Å². The summed E-state index contributed by atoms with van der Waals surface area (Å²) in [7, 11) is 1.59. The number of aryl methyl sites for hydroxylation is 1. The Balaban J connectivity index is 2.29. The molecule has 0 aliphatic heterocycles. The van der Waals surface area contributed by atoms with Gasteiger partial charge in [0.25, 0.3) is 0 Å². The third-order valence-corrected chi connectivity index (χ3v) is 3.94. The molecule has 0 spiro atoms. The third-order valence-electron chi connectivity index (χ3n) is 3.41. The van der Waals surface area contributed by atoms with E-state index in [1.807, 2.05) is 24.3 Å². The minimum absolute atomic E-state index is 0.0290. The fourth-order valence-corrected chi connectivity index (χ4v) is 2.63. The van der Waals surface area contributed by atoms with Gasteiger partial charge in [-0.25, -0.2) is 0 Å². The fourth-order valence-electron chi connectivity index (χ4n) is 2.36. The van der Waals surface area contributed by atoms with Crippen LogP contribution in [0.15, 0.2) is 56.1 Å². The van der Waals surface area contributed by atoms with E-state index in [4.69, 9.17) is 9.15 Å². The lowest BCUT2D eigenvalue weighted by Gasteiger charge is -2.08. The summed E-state index contributed by atoms with van der Waals surface area (Å²) in [5, 5.41) is 0.555. The van der Waals surface area contributed by atoms with E-state index in [0.29, 0.717) is 28.0 Å². The van der Waals surface area contributed by atoms with Crippen LogP contribution in [0.1, 0.15) is 5.76 Å². The van der Waals surface area contributed by atoms with Gasteiger partial charge in [0.05, 0.1) is 18.1 Å². The Morgan fingerprint density at radius 2 is 1.81 bits per heavy atom. The summed E-state index contributed by atoms with van der Waals surface area (Å²) in [6.45, 7) is 1.80. The molecule has 0 amide bonds. The molecule has 0 N–H and O–H groups in total. The topological polar surface area (TPSA) is 39.4 Å². The van der Waals surface area contributed by atoms with Crippen molar-refractivity contribution >= 4 is 26.9 Å². The molecule has 1 aromatic heterocycles. The lowest BCUT2D eigenvalue weighted by molar-refractivity contribution is 0.414. The summed E-state index contributed by atoms with van der Waals surface area (Å²) in [5.74, 6) is 1.27. The quantitative estimate of drug-likeness (QED) is 0.685. The standard InChI is InChI=1S/C17H13BrO3/c1-10-16(11-3-5-12(18)6-4-11)17(19)14-8-7-13(20-2)9-15(14)21-10/h3-9H,1-2H3. The Kier molecular flexibility index (Phi) is 3.55. The van der Waals surface area contributed by atoms with Crippen molar-refractivity contribution < 1.29 is 9.15 Å². The summed E-state index contributed by atoms with van der Waals surface area (Å²) in [4.78, 5) is 12.7. The first kappa shape index (κ1) is 13.9. The predicted octanol–water partition coefficient (Wildman–Crippen LogP) is 4.54. The zero-order valence-electron chi connectivity index (χ0n) is 11.6. The molecule has 3 rings (SSSR count). The Morgan fingerprint density at radius 1 is 1.10 bits per heavy atom. The van der Waals surface area contributed by atoms with Crippen molar-refractivity contribution in [3.63, 3.8) is 0 Å². The molecule has 1 heterocycles. The Morgan fingerprint density at radius 3 is 2.48 bits per heavy atom. The Labute approximate surface area is 130 Å². The van der Waals surface area contributed by atoms with Crippen LogP contribution in [0.25, 0.3) is 22.1 Å². The monoisotopic (exact) mass is 344 g/mol. The minimum Gasteiger partial charge on any atom is -0.497 e. The Hall–Kier alpha value is -2.07. The molecule has 3 nitrogen and oxygen atoms in total. The van der Waals surface area contributed by atoms with Crippen molar-refractivity contribution in [2.24, 2.45) is 0 Å². The highest BCUT2D eigenvalue weighted by atomic mass is 79.9. The van der Waals surface area contributed by atoms with E-state index in [9.17, 15) is 4.79 Å². The van der Waals surface area contributed by atoms with Gasteiger partial charge >= 0.3 is 0 Å². The average molecular weight is 345 g/mol. The highest BCUT2D eigenvalue weighted by molar-refractivity contribution is 9.10. The molecule has 0 saturated carbocycles. The zero-order valence-corrected chi connectivity index (χ0v) is 13.2. The molecule has 0 saturated heterocycles. The molecule has 21 heavy (non-hydrogen) atoms. The molecule has 0 atom stereocenters. The summed E-state index contributed by atoms with van der Waals surface area (Å²) in [6, 6.07) is 12.9. The second-order valence-electron chi connectivity index (χ2n) is 4.73. The van der Waals surface area contributed by atoms with Crippen LogP contribution in [-0.4, -0.2) is 7.11 Å². The van der Waals surface area contributed by atoms with Crippen LogP contribution in [0.3, 0.4) is 0 Å². The molecule has 0 fully saturated rings. The normalized spacial score (nSPS) is 10.8. The van der Waals surface area contributed by atoms with E-state index in [2.05, 4.69) is 15.9 Å². The van der Waals surface area contributed by atoms with Gasteiger partial charge in [-0.2, -0.15) is 0 Å². The number of methoxy groups -OCH3 is 1. The maximum absolute atomic E-state index is 12.7. The van der Waals surface area contributed by atoms with Crippen molar-refractivity contribution in [2.45, 2.75) is 6.92 Å². The van der Waals surface area contributed by atoms with E-state index >= 15 is 0 Å². The lowest BCUT2D eigenvalue weighted by Crippen LogP contribution is -2.07. The third kappa shape index (κ3) is 2.47. The van der Waals surface area contributed by atoms with Crippen LogP contribution in [0, 0.1) is 6.92 Å². The smallest absolute Gasteiger partial charge is 0.200 e. The second kappa shape index (κ2) is 5.37. The summed E-state index contributed by atoms with van der Waals surface area (Å²) in [5.41, 5.74) is 1.96. The van der Waals surface area contributed by atoms with Crippen LogP contribution in [-0.2, 0) is 0 Å². The molecule has 0 unspecified atom stereocenters. The van der Waals surface area contributed by atoms with E-state index in [-0.39, 0.29) is 5.43 Å². The van der Waals surface area contributed by atoms with Gasteiger partial charge in [0.1, 0.15) is 17.1 Å². The first-order valence-electron chi connectivity index (χ1n) is 6.47. The van der Waals surface area contributed by atoms with Crippen LogP contribution in [0.4, 0.5) is 0 Å². The number of ether oxygens (including phenoxy) is 1. The maximum atomic E-state index is 12.7. The van der Waals surface area contributed by atoms with Crippen LogP contribution in [0.2, 0.25) is 0 Å². The molecule has 0 aliphatic rings.